The highest BCUT2D eigenvalue weighted by Crippen LogP contribution is 2.29. The normalized spacial score (nSPS) is 10.9. The smallest absolute Gasteiger partial charge is 0.264 e. The molecule has 5 heteroatoms. The molecule has 134 valence electrons. The lowest BCUT2D eigenvalue weighted by Gasteiger charge is -2.17. The molecular weight excluding hydrogens is 354 g/mol. The lowest BCUT2D eigenvalue weighted by Crippen LogP contribution is -2.27. The molecule has 1 amide bonds. The molecule has 2 aromatic heterocycles. The number of carbonyl (C=O) groups excluding carboxylic acids is 1. The molecule has 0 fully saturated rings. The zero-order chi connectivity index (χ0) is 18.8. The molecule has 0 aliphatic heterocycles. The summed E-state index contributed by atoms with van der Waals surface area (Å²) in [6, 6.07) is 19.9. The maximum absolute atomic E-state index is 13.0. The molecule has 0 bridgehead atoms. The summed E-state index contributed by atoms with van der Waals surface area (Å²) >= 11 is 1.47. The predicted octanol–water partition coefficient (Wildman–Crippen LogP) is 4.94. The third-order valence-corrected chi connectivity index (χ3v) is 5.41. The summed E-state index contributed by atoms with van der Waals surface area (Å²) in [6.45, 7) is 2.35. The fraction of sp³-hybridized carbons (Fsp3) is 0.136. The van der Waals surface area contributed by atoms with Gasteiger partial charge in [0.25, 0.3) is 5.91 Å². The molecule has 0 aliphatic carbocycles. The van der Waals surface area contributed by atoms with Crippen LogP contribution in [0.2, 0.25) is 0 Å². The van der Waals surface area contributed by atoms with Crippen molar-refractivity contribution in [3.63, 3.8) is 0 Å². The number of hydrogen-bond acceptors (Lipinski definition) is 4. The molecule has 0 saturated carbocycles. The van der Waals surface area contributed by atoms with Gasteiger partial charge in [0.1, 0.15) is 5.82 Å². The largest absolute Gasteiger partial charge is 0.333 e. The van der Waals surface area contributed by atoms with E-state index in [1.165, 1.54) is 11.3 Å². The van der Waals surface area contributed by atoms with E-state index in [-0.39, 0.29) is 5.91 Å². The molecule has 4 rings (SSSR count). The van der Waals surface area contributed by atoms with Gasteiger partial charge < -0.3 is 4.90 Å². The number of benzene rings is 2. The molecule has 0 atom stereocenters. The Morgan fingerprint density at radius 2 is 1.74 bits per heavy atom. The topological polar surface area (TPSA) is 46.1 Å². The van der Waals surface area contributed by atoms with Crippen LogP contribution in [-0.2, 0) is 6.54 Å². The monoisotopic (exact) mass is 373 g/mol. The van der Waals surface area contributed by atoms with Gasteiger partial charge in [0.2, 0.25) is 0 Å². The third-order valence-electron chi connectivity index (χ3n) is 4.51. The van der Waals surface area contributed by atoms with E-state index in [0.29, 0.717) is 12.4 Å². The molecule has 0 N–H and O–H groups in total. The van der Waals surface area contributed by atoms with Crippen LogP contribution in [0.1, 0.15) is 21.2 Å². The van der Waals surface area contributed by atoms with Crippen LogP contribution in [0.3, 0.4) is 0 Å². The summed E-state index contributed by atoms with van der Waals surface area (Å²) in [5, 5.41) is 3.00. The van der Waals surface area contributed by atoms with Crippen molar-refractivity contribution >= 4 is 28.1 Å². The first-order chi connectivity index (χ1) is 13.1. The Labute approximate surface area is 162 Å². The average Bonchev–Trinajstić information content (AvgIpc) is 3.18. The number of aryl methyl sites for hydroxylation is 1. The summed E-state index contributed by atoms with van der Waals surface area (Å²) in [5.74, 6) is 0.637. The summed E-state index contributed by atoms with van der Waals surface area (Å²) in [5.41, 5.74) is 3.85. The van der Waals surface area contributed by atoms with Gasteiger partial charge >= 0.3 is 0 Å². The Kier molecular flexibility index (Phi) is 4.69. The molecule has 4 aromatic rings. The molecule has 27 heavy (non-hydrogen) atoms. The van der Waals surface area contributed by atoms with Crippen molar-refractivity contribution in [3.8, 4) is 11.1 Å². The fourth-order valence-electron chi connectivity index (χ4n) is 3.14. The van der Waals surface area contributed by atoms with Crippen LogP contribution < -0.4 is 0 Å². The highest BCUT2D eigenvalue weighted by atomic mass is 32.1. The van der Waals surface area contributed by atoms with Gasteiger partial charge in [-0.3, -0.25) is 4.79 Å². The first-order valence-corrected chi connectivity index (χ1v) is 9.62. The van der Waals surface area contributed by atoms with Gasteiger partial charge in [-0.15, -0.1) is 11.3 Å². The van der Waals surface area contributed by atoms with Crippen LogP contribution in [0.15, 0.2) is 66.0 Å². The molecule has 0 radical (unpaired) electrons. The van der Waals surface area contributed by atoms with E-state index in [1.807, 2.05) is 73.0 Å². The standard InChI is InChI=1S/C22H19N3OS/c1-15-17-10-6-7-11-19(17)24-20(23-15)14-25(2)22(26)21-18(12-13-27-21)16-8-4-3-5-9-16/h3-13H,14H2,1-2H3. The Morgan fingerprint density at radius 1 is 1.00 bits per heavy atom. The highest BCUT2D eigenvalue weighted by Gasteiger charge is 2.19. The Bertz CT molecular complexity index is 1100. The number of nitrogens with zero attached hydrogens (tertiary/aromatic N) is 3. The van der Waals surface area contributed by atoms with Gasteiger partial charge in [-0.05, 0) is 30.0 Å². The molecule has 0 unspecified atom stereocenters. The van der Waals surface area contributed by atoms with Crippen molar-refractivity contribution in [2.24, 2.45) is 0 Å². The third kappa shape index (κ3) is 3.46. The molecule has 0 saturated heterocycles. The van der Waals surface area contributed by atoms with Gasteiger partial charge in [-0.1, -0.05) is 48.5 Å². The Balaban J connectivity index is 1.60. The fourth-order valence-corrected chi connectivity index (χ4v) is 4.05. The maximum Gasteiger partial charge on any atom is 0.264 e. The van der Waals surface area contributed by atoms with Crippen molar-refractivity contribution in [2.45, 2.75) is 13.5 Å². The van der Waals surface area contributed by atoms with E-state index in [0.717, 1.165) is 32.6 Å². The molecular formula is C22H19N3OS. The SMILES string of the molecule is Cc1nc(CN(C)C(=O)c2sccc2-c2ccccc2)nc2ccccc12. The van der Waals surface area contributed by atoms with Crippen LogP contribution in [0.5, 0.6) is 0 Å². The number of thiophene rings is 1. The minimum Gasteiger partial charge on any atom is -0.333 e. The van der Waals surface area contributed by atoms with Gasteiger partial charge in [0.15, 0.2) is 0 Å². The van der Waals surface area contributed by atoms with Gasteiger partial charge in [-0.2, -0.15) is 0 Å². The van der Waals surface area contributed by atoms with Crippen LogP contribution in [0.4, 0.5) is 0 Å². The summed E-state index contributed by atoms with van der Waals surface area (Å²) in [4.78, 5) is 24.7. The van der Waals surface area contributed by atoms with Crippen molar-refractivity contribution in [1.29, 1.82) is 0 Å². The van der Waals surface area contributed by atoms with Gasteiger partial charge in [0.05, 0.1) is 16.9 Å². The second kappa shape index (κ2) is 7.29. The zero-order valence-electron chi connectivity index (χ0n) is 15.2. The number of rotatable bonds is 4. The number of para-hydroxylation sites is 1. The van der Waals surface area contributed by atoms with E-state index in [1.54, 1.807) is 11.9 Å². The molecule has 0 aliphatic rings. The number of amides is 1. The summed E-state index contributed by atoms with van der Waals surface area (Å²) in [6.07, 6.45) is 0. The number of carbonyl (C=O) groups is 1. The van der Waals surface area contributed by atoms with Crippen molar-refractivity contribution in [3.05, 3.63) is 82.4 Å². The molecule has 2 aromatic carbocycles. The van der Waals surface area contributed by atoms with Crippen LogP contribution >= 0.6 is 11.3 Å². The Hall–Kier alpha value is -3.05. The Morgan fingerprint density at radius 3 is 2.56 bits per heavy atom. The maximum atomic E-state index is 13.0. The molecule has 2 heterocycles. The lowest BCUT2D eigenvalue weighted by atomic mass is 10.1. The molecule has 0 spiro atoms. The van der Waals surface area contributed by atoms with E-state index < -0.39 is 0 Å². The number of fused-ring (bicyclic) bond motifs is 1. The van der Waals surface area contributed by atoms with Crippen molar-refractivity contribution in [1.82, 2.24) is 14.9 Å². The first-order valence-electron chi connectivity index (χ1n) is 8.74. The van der Waals surface area contributed by atoms with Gasteiger partial charge in [-0.25, -0.2) is 9.97 Å². The highest BCUT2D eigenvalue weighted by molar-refractivity contribution is 7.12. The van der Waals surface area contributed by atoms with E-state index in [4.69, 9.17) is 0 Å². The van der Waals surface area contributed by atoms with E-state index in [2.05, 4.69) is 9.97 Å². The van der Waals surface area contributed by atoms with Crippen molar-refractivity contribution in [2.75, 3.05) is 7.05 Å². The minimum absolute atomic E-state index is 0.0155. The van der Waals surface area contributed by atoms with Gasteiger partial charge in [0, 0.05) is 23.7 Å². The van der Waals surface area contributed by atoms with E-state index >= 15 is 0 Å². The summed E-state index contributed by atoms with van der Waals surface area (Å²) < 4.78 is 0. The number of hydrogen-bond donors (Lipinski definition) is 0. The second-order valence-electron chi connectivity index (χ2n) is 6.43. The lowest BCUT2D eigenvalue weighted by molar-refractivity contribution is 0.0787. The zero-order valence-corrected chi connectivity index (χ0v) is 16.0. The first kappa shape index (κ1) is 17.4. The van der Waals surface area contributed by atoms with Crippen LogP contribution in [0.25, 0.3) is 22.0 Å². The number of aromatic nitrogens is 2. The van der Waals surface area contributed by atoms with Crippen LogP contribution in [0, 0.1) is 6.92 Å². The predicted molar refractivity (Wildman–Crippen MR) is 110 cm³/mol. The van der Waals surface area contributed by atoms with E-state index in [9.17, 15) is 4.79 Å². The molecule has 4 nitrogen and oxygen atoms in total. The quantitative estimate of drug-likeness (QED) is 0.509. The van der Waals surface area contributed by atoms with Crippen molar-refractivity contribution < 1.29 is 4.79 Å². The summed E-state index contributed by atoms with van der Waals surface area (Å²) in [7, 11) is 1.80. The van der Waals surface area contributed by atoms with Crippen LogP contribution in [-0.4, -0.2) is 27.8 Å². The second-order valence-corrected chi connectivity index (χ2v) is 7.35. The average molecular weight is 373 g/mol. The minimum atomic E-state index is -0.0155.